The highest BCUT2D eigenvalue weighted by Crippen LogP contribution is 2.37. The van der Waals surface area contributed by atoms with Crippen LogP contribution in [0.25, 0.3) is 5.82 Å². The van der Waals surface area contributed by atoms with Crippen LogP contribution in [0.4, 0.5) is 0 Å². The highest BCUT2D eigenvalue weighted by Gasteiger charge is 2.51. The predicted octanol–water partition coefficient (Wildman–Crippen LogP) is 2.25. The number of hydrogen-bond acceptors (Lipinski definition) is 5. The van der Waals surface area contributed by atoms with Gasteiger partial charge in [0, 0.05) is 30.7 Å². The Hall–Kier alpha value is -3.29. The molecule has 8 nitrogen and oxygen atoms in total. The fraction of sp³-hybridized carbons (Fsp3) is 0.435. The van der Waals surface area contributed by atoms with E-state index in [0.717, 1.165) is 5.56 Å². The molecule has 162 valence electrons. The molecule has 1 fully saturated rings. The molecule has 1 N–H and O–H groups in total. The van der Waals surface area contributed by atoms with Gasteiger partial charge in [0.1, 0.15) is 6.04 Å². The maximum Gasteiger partial charge on any atom is 0.243 e. The number of aromatic nitrogens is 3. The zero-order valence-electron chi connectivity index (χ0n) is 17.8. The lowest BCUT2D eigenvalue weighted by Gasteiger charge is -2.27. The molecule has 3 heterocycles. The van der Waals surface area contributed by atoms with Crippen molar-refractivity contribution in [2.45, 2.75) is 45.7 Å². The fourth-order valence-corrected chi connectivity index (χ4v) is 4.38. The van der Waals surface area contributed by atoms with Crippen LogP contribution in [0.1, 0.15) is 38.7 Å². The second-order valence-electron chi connectivity index (χ2n) is 8.50. The molecule has 8 heteroatoms. The van der Waals surface area contributed by atoms with E-state index in [1.54, 1.807) is 35.4 Å². The van der Waals surface area contributed by atoms with Crippen molar-refractivity contribution in [3.05, 3.63) is 54.5 Å². The molecule has 3 amide bonds. The van der Waals surface area contributed by atoms with Gasteiger partial charge in [-0.15, -0.1) is 0 Å². The summed E-state index contributed by atoms with van der Waals surface area (Å²) >= 11 is 0. The van der Waals surface area contributed by atoms with Gasteiger partial charge in [0.2, 0.25) is 17.7 Å². The minimum absolute atomic E-state index is 0.148. The zero-order valence-corrected chi connectivity index (χ0v) is 17.8. The Labute approximate surface area is 181 Å². The van der Waals surface area contributed by atoms with Crippen molar-refractivity contribution in [3.8, 4) is 5.82 Å². The number of hydrogen-bond donors (Lipinski definition) is 1. The zero-order chi connectivity index (χ0) is 22.0. The molecular formula is C23H27N5O3. The normalized spacial score (nSPS) is 21.5. The van der Waals surface area contributed by atoms with Crippen LogP contribution in [0.2, 0.25) is 0 Å². The second kappa shape index (κ2) is 8.83. The van der Waals surface area contributed by atoms with E-state index in [-0.39, 0.29) is 42.0 Å². The lowest BCUT2D eigenvalue weighted by molar-refractivity contribution is -0.148. The highest BCUT2D eigenvalue weighted by molar-refractivity contribution is 6.08. The SMILES string of the molecule is CC(C)CC(C(=O)NCc1cccnc1-n1cccn1)N1C(=O)C2CC=CCC2C1=O. The van der Waals surface area contributed by atoms with Crippen LogP contribution in [0.15, 0.2) is 48.9 Å². The monoisotopic (exact) mass is 421 g/mol. The largest absolute Gasteiger partial charge is 0.350 e. The molecule has 3 atom stereocenters. The first-order valence-corrected chi connectivity index (χ1v) is 10.7. The van der Waals surface area contributed by atoms with Crippen LogP contribution < -0.4 is 5.32 Å². The molecule has 1 aliphatic carbocycles. The van der Waals surface area contributed by atoms with Gasteiger partial charge in [0.25, 0.3) is 0 Å². The van der Waals surface area contributed by atoms with E-state index in [2.05, 4.69) is 15.4 Å². The number of imide groups is 1. The Kier molecular flexibility index (Phi) is 5.97. The van der Waals surface area contributed by atoms with Crippen LogP contribution in [0, 0.1) is 17.8 Å². The molecule has 2 aliphatic rings. The molecule has 2 aromatic heterocycles. The minimum Gasteiger partial charge on any atom is -0.350 e. The molecule has 3 unspecified atom stereocenters. The summed E-state index contributed by atoms with van der Waals surface area (Å²) in [6.07, 6.45) is 10.6. The summed E-state index contributed by atoms with van der Waals surface area (Å²) in [4.78, 5) is 44.9. The van der Waals surface area contributed by atoms with Gasteiger partial charge in [-0.05, 0) is 37.3 Å². The van der Waals surface area contributed by atoms with E-state index < -0.39 is 6.04 Å². The van der Waals surface area contributed by atoms with E-state index in [4.69, 9.17) is 0 Å². The van der Waals surface area contributed by atoms with Gasteiger partial charge in [-0.1, -0.05) is 32.1 Å². The average molecular weight is 422 g/mol. The Balaban J connectivity index is 1.53. The van der Waals surface area contributed by atoms with Crippen LogP contribution in [-0.2, 0) is 20.9 Å². The number of carbonyl (C=O) groups is 3. The lowest BCUT2D eigenvalue weighted by atomic mass is 9.85. The smallest absolute Gasteiger partial charge is 0.243 e. The van der Waals surface area contributed by atoms with Gasteiger partial charge in [-0.2, -0.15) is 5.10 Å². The van der Waals surface area contributed by atoms with E-state index in [1.165, 1.54) is 4.90 Å². The van der Waals surface area contributed by atoms with Crippen LogP contribution in [0.3, 0.4) is 0 Å². The number of amides is 3. The van der Waals surface area contributed by atoms with E-state index >= 15 is 0 Å². The summed E-state index contributed by atoms with van der Waals surface area (Å²) in [6.45, 7) is 4.19. The topological polar surface area (TPSA) is 97.2 Å². The molecule has 2 aromatic rings. The molecule has 1 saturated heterocycles. The summed E-state index contributed by atoms with van der Waals surface area (Å²) in [7, 11) is 0. The maximum absolute atomic E-state index is 13.2. The summed E-state index contributed by atoms with van der Waals surface area (Å²) in [5.41, 5.74) is 0.791. The van der Waals surface area contributed by atoms with Gasteiger partial charge >= 0.3 is 0 Å². The van der Waals surface area contributed by atoms with Crippen LogP contribution >= 0.6 is 0 Å². The van der Waals surface area contributed by atoms with Crippen molar-refractivity contribution < 1.29 is 14.4 Å². The van der Waals surface area contributed by atoms with Gasteiger partial charge in [-0.25, -0.2) is 9.67 Å². The van der Waals surface area contributed by atoms with E-state index in [9.17, 15) is 14.4 Å². The number of nitrogens with zero attached hydrogens (tertiary/aromatic N) is 4. The summed E-state index contributed by atoms with van der Waals surface area (Å²) < 4.78 is 1.64. The second-order valence-corrected chi connectivity index (χ2v) is 8.50. The molecule has 31 heavy (non-hydrogen) atoms. The maximum atomic E-state index is 13.2. The van der Waals surface area contributed by atoms with Crippen molar-refractivity contribution in [1.29, 1.82) is 0 Å². The molecule has 0 saturated carbocycles. The van der Waals surface area contributed by atoms with Crippen LogP contribution in [-0.4, -0.2) is 43.4 Å². The number of nitrogens with one attached hydrogen (secondary N) is 1. The third-order valence-corrected chi connectivity index (χ3v) is 5.89. The van der Waals surface area contributed by atoms with Crippen molar-refractivity contribution in [3.63, 3.8) is 0 Å². The predicted molar refractivity (Wildman–Crippen MR) is 114 cm³/mol. The molecule has 0 bridgehead atoms. The Morgan fingerprint density at radius 1 is 1.13 bits per heavy atom. The van der Waals surface area contributed by atoms with Crippen molar-refractivity contribution in [2.75, 3.05) is 0 Å². The standard InChI is InChI=1S/C23H27N5O3/c1-15(2)13-19(28-22(30)17-8-3-4-9-18(17)23(28)31)21(29)25-14-16-7-5-10-24-20(16)27-12-6-11-26-27/h3-7,10-12,15,17-19H,8-9,13-14H2,1-2H3,(H,25,29). The highest BCUT2D eigenvalue weighted by atomic mass is 16.2. The lowest BCUT2D eigenvalue weighted by Crippen LogP contribution is -2.50. The first-order chi connectivity index (χ1) is 15.0. The van der Waals surface area contributed by atoms with E-state index in [0.29, 0.717) is 25.1 Å². The van der Waals surface area contributed by atoms with E-state index in [1.807, 2.05) is 32.1 Å². The van der Waals surface area contributed by atoms with Gasteiger partial charge in [0.05, 0.1) is 11.8 Å². The van der Waals surface area contributed by atoms with Crippen molar-refractivity contribution in [2.24, 2.45) is 17.8 Å². The molecule has 1 aliphatic heterocycles. The number of rotatable bonds is 7. The first kappa shape index (κ1) is 21.0. The van der Waals surface area contributed by atoms with Crippen molar-refractivity contribution in [1.82, 2.24) is 25.0 Å². The molecule has 0 spiro atoms. The third-order valence-electron chi connectivity index (χ3n) is 5.89. The Morgan fingerprint density at radius 3 is 2.45 bits per heavy atom. The number of allylic oxidation sites excluding steroid dienone is 2. The average Bonchev–Trinajstić information content (AvgIpc) is 3.39. The fourth-order valence-electron chi connectivity index (χ4n) is 4.38. The quantitative estimate of drug-likeness (QED) is 0.546. The Morgan fingerprint density at radius 2 is 1.84 bits per heavy atom. The molecule has 0 aromatic carbocycles. The number of likely N-dealkylation sites (tertiary alicyclic amines) is 1. The van der Waals surface area contributed by atoms with Gasteiger partial charge < -0.3 is 5.32 Å². The minimum atomic E-state index is -0.810. The molecule has 4 rings (SSSR count). The Bertz CT molecular complexity index is 972. The summed E-state index contributed by atoms with van der Waals surface area (Å²) in [6, 6.07) is 4.66. The van der Waals surface area contributed by atoms with Gasteiger partial charge in [0.15, 0.2) is 5.82 Å². The van der Waals surface area contributed by atoms with Crippen LogP contribution in [0.5, 0.6) is 0 Å². The summed E-state index contributed by atoms with van der Waals surface area (Å²) in [5.74, 6) is -0.682. The first-order valence-electron chi connectivity index (χ1n) is 10.7. The summed E-state index contributed by atoms with van der Waals surface area (Å²) in [5, 5.41) is 7.14. The number of pyridine rings is 1. The molecular weight excluding hydrogens is 394 g/mol. The van der Waals surface area contributed by atoms with Gasteiger partial charge in [-0.3, -0.25) is 19.3 Å². The number of carbonyl (C=O) groups excluding carboxylic acids is 3. The molecule has 0 radical (unpaired) electrons. The third kappa shape index (κ3) is 4.15. The van der Waals surface area contributed by atoms with Crippen molar-refractivity contribution >= 4 is 17.7 Å². The number of fused-ring (bicyclic) bond motifs is 1.